The molecule has 1 aromatic carbocycles. The van der Waals surface area contributed by atoms with Gasteiger partial charge in [0.1, 0.15) is 0 Å². The number of hydrogen-bond acceptors (Lipinski definition) is 3. The molecule has 0 aromatic heterocycles. The Morgan fingerprint density at radius 2 is 2.22 bits per heavy atom. The van der Waals surface area contributed by atoms with Gasteiger partial charge in [-0.2, -0.15) is 0 Å². The largest absolute Gasteiger partial charge is 0.385 e. The summed E-state index contributed by atoms with van der Waals surface area (Å²) in [6.07, 6.45) is 0.813. The van der Waals surface area contributed by atoms with Crippen molar-refractivity contribution >= 4 is 23.2 Å². The molecule has 0 atom stereocenters. The van der Waals surface area contributed by atoms with Crippen LogP contribution in [-0.4, -0.2) is 32.7 Å². The van der Waals surface area contributed by atoms with E-state index in [0.717, 1.165) is 17.7 Å². The molecule has 1 rings (SSSR count). The van der Waals surface area contributed by atoms with Crippen molar-refractivity contribution in [1.29, 1.82) is 0 Å². The summed E-state index contributed by atoms with van der Waals surface area (Å²) in [7, 11) is 1.64. The van der Waals surface area contributed by atoms with Gasteiger partial charge in [0.2, 0.25) is 5.91 Å². The molecule has 100 valence electrons. The summed E-state index contributed by atoms with van der Waals surface area (Å²) in [6.45, 7) is 3.46. The van der Waals surface area contributed by atoms with Crippen LogP contribution in [0.25, 0.3) is 0 Å². The topological polar surface area (TPSA) is 50.4 Å². The number of aryl methyl sites for hydroxylation is 1. The highest BCUT2D eigenvalue weighted by atomic mass is 35.5. The van der Waals surface area contributed by atoms with Crippen molar-refractivity contribution in [3.63, 3.8) is 0 Å². The number of amides is 1. The molecule has 0 unspecified atom stereocenters. The predicted octanol–water partition coefficient (Wildman–Crippen LogP) is 2.21. The van der Waals surface area contributed by atoms with E-state index in [0.29, 0.717) is 18.2 Å². The molecule has 1 amide bonds. The lowest BCUT2D eigenvalue weighted by Crippen LogP contribution is -2.31. The van der Waals surface area contributed by atoms with Crippen LogP contribution in [0.5, 0.6) is 0 Å². The molecule has 0 heterocycles. The van der Waals surface area contributed by atoms with Crippen molar-refractivity contribution in [3.05, 3.63) is 28.8 Å². The van der Waals surface area contributed by atoms with E-state index in [1.807, 2.05) is 25.1 Å². The fourth-order valence-corrected chi connectivity index (χ4v) is 1.75. The molecule has 0 saturated heterocycles. The van der Waals surface area contributed by atoms with Crippen molar-refractivity contribution in [2.24, 2.45) is 0 Å². The van der Waals surface area contributed by atoms with Gasteiger partial charge in [-0.25, -0.2) is 0 Å². The van der Waals surface area contributed by atoms with Crippen LogP contribution in [0.1, 0.15) is 12.0 Å². The third-order valence-electron chi connectivity index (χ3n) is 2.41. The predicted molar refractivity (Wildman–Crippen MR) is 74.2 cm³/mol. The van der Waals surface area contributed by atoms with Crippen LogP contribution in [0.15, 0.2) is 18.2 Å². The normalized spacial score (nSPS) is 10.2. The average Bonchev–Trinajstić information content (AvgIpc) is 2.33. The standard InChI is InChI=1S/C13H19ClN2O2/c1-10-4-5-12(11(14)8-10)16-9-13(17)15-6-3-7-18-2/h4-5,8,16H,3,6-7,9H2,1-2H3,(H,15,17). The number of ether oxygens (including phenoxy) is 1. The van der Waals surface area contributed by atoms with Crippen LogP contribution in [0.2, 0.25) is 5.02 Å². The van der Waals surface area contributed by atoms with Gasteiger partial charge in [-0.3, -0.25) is 4.79 Å². The zero-order valence-electron chi connectivity index (χ0n) is 10.8. The minimum absolute atomic E-state index is 0.0530. The van der Waals surface area contributed by atoms with Gasteiger partial charge in [0.05, 0.1) is 17.3 Å². The maximum atomic E-state index is 11.5. The van der Waals surface area contributed by atoms with Crippen LogP contribution < -0.4 is 10.6 Å². The van der Waals surface area contributed by atoms with Gasteiger partial charge in [-0.1, -0.05) is 17.7 Å². The number of hydrogen-bond donors (Lipinski definition) is 2. The van der Waals surface area contributed by atoms with Crippen LogP contribution in [-0.2, 0) is 9.53 Å². The molecule has 0 radical (unpaired) electrons. The van der Waals surface area contributed by atoms with Crippen molar-refractivity contribution in [2.75, 3.05) is 32.1 Å². The highest BCUT2D eigenvalue weighted by Gasteiger charge is 2.03. The highest BCUT2D eigenvalue weighted by Crippen LogP contribution is 2.22. The summed E-state index contributed by atoms with van der Waals surface area (Å²) >= 11 is 6.05. The molecule has 4 nitrogen and oxygen atoms in total. The van der Waals surface area contributed by atoms with E-state index in [4.69, 9.17) is 16.3 Å². The Bertz CT molecular complexity index is 397. The van der Waals surface area contributed by atoms with Gasteiger partial charge >= 0.3 is 0 Å². The Balaban J connectivity index is 2.29. The number of carbonyl (C=O) groups is 1. The quantitative estimate of drug-likeness (QED) is 0.747. The van der Waals surface area contributed by atoms with E-state index in [1.54, 1.807) is 7.11 Å². The molecule has 18 heavy (non-hydrogen) atoms. The zero-order valence-corrected chi connectivity index (χ0v) is 11.5. The Labute approximate surface area is 113 Å². The summed E-state index contributed by atoms with van der Waals surface area (Å²) < 4.78 is 4.90. The third kappa shape index (κ3) is 5.38. The van der Waals surface area contributed by atoms with Crippen molar-refractivity contribution in [2.45, 2.75) is 13.3 Å². The molecule has 5 heteroatoms. The number of anilines is 1. The third-order valence-corrected chi connectivity index (χ3v) is 2.72. The molecule has 2 N–H and O–H groups in total. The molecule has 0 spiro atoms. The molecule has 1 aromatic rings. The Morgan fingerprint density at radius 3 is 2.89 bits per heavy atom. The van der Waals surface area contributed by atoms with E-state index < -0.39 is 0 Å². The Hall–Kier alpha value is -1.26. The average molecular weight is 271 g/mol. The maximum absolute atomic E-state index is 11.5. The number of methoxy groups -OCH3 is 1. The van der Waals surface area contributed by atoms with Crippen LogP contribution in [0, 0.1) is 6.92 Å². The lowest BCUT2D eigenvalue weighted by Gasteiger charge is -2.09. The molecule has 0 saturated carbocycles. The molecular weight excluding hydrogens is 252 g/mol. The van der Waals surface area contributed by atoms with E-state index in [-0.39, 0.29) is 12.5 Å². The number of nitrogens with one attached hydrogen (secondary N) is 2. The van der Waals surface area contributed by atoms with Gasteiger partial charge in [0.25, 0.3) is 0 Å². The van der Waals surface area contributed by atoms with Gasteiger partial charge in [0.15, 0.2) is 0 Å². The minimum atomic E-state index is -0.0530. The maximum Gasteiger partial charge on any atom is 0.239 e. The smallest absolute Gasteiger partial charge is 0.239 e. The first-order chi connectivity index (χ1) is 8.63. The second kappa shape index (κ2) is 7.95. The van der Waals surface area contributed by atoms with Gasteiger partial charge in [-0.05, 0) is 31.0 Å². The molecule has 0 aliphatic rings. The minimum Gasteiger partial charge on any atom is -0.385 e. The monoisotopic (exact) mass is 270 g/mol. The lowest BCUT2D eigenvalue weighted by molar-refractivity contribution is -0.119. The van der Waals surface area contributed by atoms with E-state index in [1.165, 1.54) is 0 Å². The van der Waals surface area contributed by atoms with Crippen LogP contribution in [0.3, 0.4) is 0 Å². The highest BCUT2D eigenvalue weighted by molar-refractivity contribution is 6.33. The van der Waals surface area contributed by atoms with Gasteiger partial charge in [0, 0.05) is 20.3 Å². The van der Waals surface area contributed by atoms with Crippen LogP contribution >= 0.6 is 11.6 Å². The number of benzene rings is 1. The molecule has 0 aliphatic carbocycles. The summed E-state index contributed by atoms with van der Waals surface area (Å²) in [5.74, 6) is -0.0530. The summed E-state index contributed by atoms with van der Waals surface area (Å²) in [5, 5.41) is 6.43. The Morgan fingerprint density at radius 1 is 1.44 bits per heavy atom. The van der Waals surface area contributed by atoms with Crippen molar-refractivity contribution in [3.8, 4) is 0 Å². The fraction of sp³-hybridized carbons (Fsp3) is 0.462. The van der Waals surface area contributed by atoms with Gasteiger partial charge in [-0.15, -0.1) is 0 Å². The van der Waals surface area contributed by atoms with Gasteiger partial charge < -0.3 is 15.4 Å². The number of halogens is 1. The van der Waals surface area contributed by atoms with E-state index in [2.05, 4.69) is 10.6 Å². The second-order valence-electron chi connectivity index (χ2n) is 4.03. The second-order valence-corrected chi connectivity index (χ2v) is 4.44. The zero-order chi connectivity index (χ0) is 13.4. The van der Waals surface area contributed by atoms with Crippen LogP contribution in [0.4, 0.5) is 5.69 Å². The first kappa shape index (κ1) is 14.8. The van der Waals surface area contributed by atoms with E-state index >= 15 is 0 Å². The lowest BCUT2D eigenvalue weighted by atomic mass is 10.2. The number of rotatable bonds is 7. The Kier molecular flexibility index (Phi) is 6.54. The SMILES string of the molecule is COCCCNC(=O)CNc1ccc(C)cc1Cl. The van der Waals surface area contributed by atoms with E-state index in [9.17, 15) is 4.79 Å². The molecule has 0 bridgehead atoms. The number of carbonyl (C=O) groups excluding carboxylic acids is 1. The van der Waals surface area contributed by atoms with Crippen molar-refractivity contribution < 1.29 is 9.53 Å². The fourth-order valence-electron chi connectivity index (χ4n) is 1.45. The molecule has 0 aliphatic heterocycles. The van der Waals surface area contributed by atoms with Crippen molar-refractivity contribution in [1.82, 2.24) is 5.32 Å². The summed E-state index contributed by atoms with van der Waals surface area (Å²) in [5.41, 5.74) is 1.86. The molecular formula is C13H19ClN2O2. The summed E-state index contributed by atoms with van der Waals surface area (Å²) in [6, 6.07) is 5.68. The summed E-state index contributed by atoms with van der Waals surface area (Å²) in [4.78, 5) is 11.5. The first-order valence-electron chi connectivity index (χ1n) is 5.89. The molecule has 0 fully saturated rings. The first-order valence-corrected chi connectivity index (χ1v) is 6.27.